The summed E-state index contributed by atoms with van der Waals surface area (Å²) in [6, 6.07) is 19.4. The summed E-state index contributed by atoms with van der Waals surface area (Å²) in [5.74, 6) is 0.725. The van der Waals surface area contributed by atoms with E-state index in [2.05, 4.69) is 68.4 Å². The second-order valence-electron chi connectivity index (χ2n) is 4.66. The molecule has 0 aliphatic rings. The molecule has 0 spiro atoms. The van der Waals surface area contributed by atoms with E-state index in [0.717, 1.165) is 12.3 Å². The van der Waals surface area contributed by atoms with Crippen LogP contribution in [0.5, 0.6) is 0 Å². The van der Waals surface area contributed by atoms with Crippen LogP contribution in [-0.2, 0) is 6.42 Å². The van der Waals surface area contributed by atoms with Crippen LogP contribution in [0.1, 0.15) is 61.0 Å². The lowest BCUT2D eigenvalue weighted by Crippen LogP contribution is -1.93. The van der Waals surface area contributed by atoms with E-state index in [1.165, 1.54) is 16.7 Å². The molecule has 0 heterocycles. The zero-order valence-electron chi connectivity index (χ0n) is 16.0. The molecule has 2 aromatic carbocycles. The average molecular weight is 301 g/mol. The number of benzene rings is 2. The molecule has 0 bridgehead atoms. The van der Waals surface area contributed by atoms with E-state index in [1.54, 1.807) is 0 Å². The molecule has 22 heavy (non-hydrogen) atoms. The Morgan fingerprint density at radius 2 is 1.00 bits per heavy atom. The van der Waals surface area contributed by atoms with Gasteiger partial charge in [0.25, 0.3) is 0 Å². The van der Waals surface area contributed by atoms with Crippen LogP contribution in [0.3, 0.4) is 0 Å². The van der Waals surface area contributed by atoms with E-state index >= 15 is 0 Å². The van der Waals surface area contributed by atoms with Crippen LogP contribution >= 0.6 is 0 Å². The maximum absolute atomic E-state index is 2.26. The maximum Gasteiger partial charge on any atom is -0.0184 e. The van der Waals surface area contributed by atoms with Gasteiger partial charge in [-0.2, -0.15) is 0 Å². The lowest BCUT2D eigenvalue weighted by molar-refractivity contribution is 0.647. The quantitative estimate of drug-likeness (QED) is 0.546. The summed E-state index contributed by atoms with van der Waals surface area (Å²) in [7, 11) is 0. The van der Waals surface area contributed by atoms with Gasteiger partial charge < -0.3 is 0 Å². The van der Waals surface area contributed by atoms with Crippen LogP contribution in [0.4, 0.5) is 0 Å². The van der Waals surface area contributed by atoms with Crippen LogP contribution in [0, 0.1) is 5.92 Å². The summed E-state index contributed by atoms with van der Waals surface area (Å²) in [5, 5.41) is 0. The third-order valence-electron chi connectivity index (χ3n) is 2.71. The highest BCUT2D eigenvalue weighted by molar-refractivity contribution is 5.63. The van der Waals surface area contributed by atoms with Crippen LogP contribution in [0.2, 0.25) is 0 Å². The summed E-state index contributed by atoms with van der Waals surface area (Å²) in [6.45, 7) is 16.5. The summed E-state index contributed by atoms with van der Waals surface area (Å²) in [4.78, 5) is 0. The average Bonchev–Trinajstić information content (AvgIpc) is 2.61. The molecule has 0 nitrogen and oxygen atoms in total. The Bertz CT molecular complexity index is 423. The molecule has 0 atom stereocenters. The summed E-state index contributed by atoms with van der Waals surface area (Å²) < 4.78 is 0. The highest BCUT2D eigenvalue weighted by Crippen LogP contribution is 2.20. The second-order valence-corrected chi connectivity index (χ2v) is 4.66. The molecule has 0 unspecified atom stereocenters. The highest BCUT2D eigenvalue weighted by Gasteiger charge is 1.99. The molecule has 124 valence electrons. The van der Waals surface area contributed by atoms with Crippen molar-refractivity contribution >= 4 is 0 Å². The van der Waals surface area contributed by atoms with Crippen LogP contribution in [-0.4, -0.2) is 0 Å². The normalized spacial score (nSPS) is 8.59. The van der Waals surface area contributed by atoms with E-state index in [9.17, 15) is 0 Å². The van der Waals surface area contributed by atoms with Crippen LogP contribution < -0.4 is 0 Å². The van der Waals surface area contributed by atoms with Crippen molar-refractivity contribution in [1.82, 2.24) is 0 Å². The van der Waals surface area contributed by atoms with Gasteiger partial charge in [-0.15, -0.1) is 0 Å². The van der Waals surface area contributed by atoms with E-state index in [-0.39, 0.29) is 0 Å². The molecule has 0 amide bonds. The van der Waals surface area contributed by atoms with E-state index in [4.69, 9.17) is 0 Å². The Balaban J connectivity index is 0. The predicted molar refractivity (Wildman–Crippen MR) is 104 cm³/mol. The summed E-state index contributed by atoms with van der Waals surface area (Å²) in [6.07, 6.45) is 1.16. The minimum Gasteiger partial charge on any atom is -0.0683 e. The molecule has 2 rings (SSSR count). The first-order valence-electron chi connectivity index (χ1n) is 8.90. The predicted octanol–water partition coefficient (Wildman–Crippen LogP) is 7.63. The Morgan fingerprint density at radius 1 is 0.591 bits per heavy atom. The molecule has 0 aliphatic carbocycles. The van der Waals surface area contributed by atoms with Crippen molar-refractivity contribution in [2.75, 3.05) is 0 Å². The van der Waals surface area contributed by atoms with Gasteiger partial charge in [0.1, 0.15) is 0 Å². The molecule has 0 radical (unpaired) electrons. The molecule has 0 heteroatoms. The fourth-order valence-corrected chi connectivity index (χ4v) is 1.94. The molecule has 0 fully saturated rings. The van der Waals surface area contributed by atoms with Crippen molar-refractivity contribution in [3.05, 3.63) is 60.2 Å². The van der Waals surface area contributed by atoms with Gasteiger partial charge in [-0.3, -0.25) is 0 Å². The summed E-state index contributed by atoms with van der Waals surface area (Å²) >= 11 is 0. The van der Waals surface area contributed by atoms with E-state index in [1.807, 2.05) is 41.5 Å². The Morgan fingerprint density at radius 3 is 1.41 bits per heavy atom. The van der Waals surface area contributed by atoms with Gasteiger partial charge in [-0.1, -0.05) is 110 Å². The van der Waals surface area contributed by atoms with Crippen molar-refractivity contribution in [2.24, 2.45) is 5.92 Å². The molecule has 0 aromatic heterocycles. The molecule has 0 saturated carbocycles. The van der Waals surface area contributed by atoms with Crippen molar-refractivity contribution in [3.63, 3.8) is 0 Å². The Kier molecular flexibility index (Phi) is 16.3. The standard InChI is InChI=1S/C16H18.3C2H6/c1-13(2)12-14-8-10-16(11-9-14)15-6-4-3-5-7-15;3*1-2/h3-11,13H,12H2,1-2H3;3*1-2H3. The first-order chi connectivity index (χ1) is 10.8. The van der Waals surface area contributed by atoms with Gasteiger partial charge in [-0.05, 0) is 29.0 Å². The smallest absolute Gasteiger partial charge is 0.0184 e. The lowest BCUT2D eigenvalue weighted by atomic mass is 9.99. The highest BCUT2D eigenvalue weighted by atomic mass is 14.0. The van der Waals surface area contributed by atoms with Crippen LogP contribution in [0.25, 0.3) is 11.1 Å². The third-order valence-corrected chi connectivity index (χ3v) is 2.71. The van der Waals surface area contributed by atoms with Gasteiger partial charge in [0.05, 0.1) is 0 Å². The van der Waals surface area contributed by atoms with Crippen molar-refractivity contribution in [3.8, 4) is 11.1 Å². The first kappa shape index (κ1) is 22.7. The second kappa shape index (κ2) is 15.8. The monoisotopic (exact) mass is 300 g/mol. The molecular formula is C22H36. The SMILES string of the molecule is CC.CC.CC.CC(C)Cc1ccc(-c2ccccc2)cc1. The summed E-state index contributed by atoms with van der Waals surface area (Å²) in [5.41, 5.74) is 4.02. The zero-order chi connectivity index (χ0) is 17.4. The molecule has 0 saturated heterocycles. The minimum absolute atomic E-state index is 0.725. The number of hydrogen-bond acceptors (Lipinski definition) is 0. The van der Waals surface area contributed by atoms with Gasteiger partial charge in [-0.25, -0.2) is 0 Å². The van der Waals surface area contributed by atoms with E-state index in [0.29, 0.717) is 0 Å². The molecule has 2 aromatic rings. The largest absolute Gasteiger partial charge is 0.0683 e. The zero-order valence-corrected chi connectivity index (χ0v) is 16.0. The third kappa shape index (κ3) is 9.39. The molecule has 0 N–H and O–H groups in total. The first-order valence-corrected chi connectivity index (χ1v) is 8.90. The van der Waals surface area contributed by atoms with Crippen molar-refractivity contribution in [2.45, 2.75) is 61.8 Å². The van der Waals surface area contributed by atoms with Gasteiger partial charge in [0.2, 0.25) is 0 Å². The van der Waals surface area contributed by atoms with Gasteiger partial charge >= 0.3 is 0 Å². The van der Waals surface area contributed by atoms with Crippen molar-refractivity contribution < 1.29 is 0 Å². The molecule has 0 aliphatic heterocycles. The Hall–Kier alpha value is -1.56. The van der Waals surface area contributed by atoms with Crippen molar-refractivity contribution in [1.29, 1.82) is 0 Å². The van der Waals surface area contributed by atoms with Gasteiger partial charge in [0.15, 0.2) is 0 Å². The fourth-order valence-electron chi connectivity index (χ4n) is 1.94. The lowest BCUT2D eigenvalue weighted by Gasteiger charge is -2.06. The van der Waals surface area contributed by atoms with Gasteiger partial charge in [0, 0.05) is 0 Å². The fraction of sp³-hybridized carbons (Fsp3) is 0.455. The molecular weight excluding hydrogens is 264 g/mol. The van der Waals surface area contributed by atoms with Crippen LogP contribution in [0.15, 0.2) is 54.6 Å². The minimum atomic E-state index is 0.725. The topological polar surface area (TPSA) is 0 Å². The van der Waals surface area contributed by atoms with E-state index < -0.39 is 0 Å². The number of rotatable bonds is 3. The maximum atomic E-state index is 2.26. The number of hydrogen-bond donors (Lipinski definition) is 0. The Labute approximate surface area is 139 Å².